The second-order valence-electron chi connectivity index (χ2n) is 7.68. The molecule has 4 aromatic rings. The molecule has 0 aliphatic heterocycles. The SMILES string of the molecule is CC(=O)Sc1ccc(C#Cc2cnc(-c3ncc(C#Cc4ccccc4)cc3[N+](=O)[O-])c([N+](=O)[O-])c2)cc1. The van der Waals surface area contributed by atoms with E-state index in [1.165, 1.54) is 31.5 Å². The van der Waals surface area contributed by atoms with Gasteiger partial charge in [-0.3, -0.25) is 25.0 Å². The van der Waals surface area contributed by atoms with E-state index in [0.29, 0.717) is 5.56 Å². The summed E-state index contributed by atoms with van der Waals surface area (Å²) < 4.78 is 0. The highest BCUT2D eigenvalue weighted by Crippen LogP contribution is 2.33. The van der Waals surface area contributed by atoms with E-state index in [0.717, 1.165) is 22.2 Å². The number of nitro groups is 2. The third-order valence-electron chi connectivity index (χ3n) is 4.94. The molecule has 38 heavy (non-hydrogen) atoms. The number of pyridine rings is 2. The Hall–Kier alpha value is -5.32. The smallest absolute Gasteiger partial charge is 0.287 e. The molecule has 0 unspecified atom stereocenters. The van der Waals surface area contributed by atoms with Crippen molar-refractivity contribution in [2.75, 3.05) is 0 Å². The van der Waals surface area contributed by atoms with E-state index in [2.05, 4.69) is 33.6 Å². The number of hydrogen-bond donors (Lipinski definition) is 0. The number of benzene rings is 2. The molecule has 0 atom stereocenters. The van der Waals surface area contributed by atoms with Gasteiger partial charge in [-0.1, -0.05) is 53.6 Å². The molecular weight excluding hydrogens is 504 g/mol. The molecule has 2 heterocycles. The molecule has 0 spiro atoms. The molecule has 0 saturated carbocycles. The Morgan fingerprint density at radius 1 is 0.711 bits per heavy atom. The molecule has 2 aromatic carbocycles. The van der Waals surface area contributed by atoms with Crippen LogP contribution in [0.3, 0.4) is 0 Å². The molecule has 0 bridgehead atoms. The first-order chi connectivity index (χ1) is 18.3. The van der Waals surface area contributed by atoms with Gasteiger partial charge in [0.1, 0.15) is 0 Å². The van der Waals surface area contributed by atoms with E-state index in [1.54, 1.807) is 36.4 Å². The van der Waals surface area contributed by atoms with Crippen LogP contribution in [0.1, 0.15) is 29.2 Å². The lowest BCUT2D eigenvalue weighted by molar-refractivity contribution is -0.386. The van der Waals surface area contributed by atoms with Gasteiger partial charge < -0.3 is 0 Å². The number of thioether (sulfide) groups is 1. The van der Waals surface area contributed by atoms with Crippen molar-refractivity contribution in [1.82, 2.24) is 9.97 Å². The first-order valence-electron chi connectivity index (χ1n) is 11.0. The molecule has 0 aliphatic carbocycles. The van der Waals surface area contributed by atoms with Gasteiger partial charge in [0.15, 0.2) is 16.5 Å². The van der Waals surface area contributed by atoms with Crippen molar-refractivity contribution in [3.05, 3.63) is 122 Å². The summed E-state index contributed by atoms with van der Waals surface area (Å²) in [5, 5.41) is 23.6. The maximum atomic E-state index is 11.8. The third-order valence-corrected chi connectivity index (χ3v) is 5.74. The average Bonchev–Trinajstić information content (AvgIpc) is 2.91. The van der Waals surface area contributed by atoms with Crippen LogP contribution >= 0.6 is 11.8 Å². The van der Waals surface area contributed by atoms with E-state index in [9.17, 15) is 25.0 Å². The molecule has 0 aliphatic rings. The monoisotopic (exact) mass is 520 g/mol. The highest BCUT2D eigenvalue weighted by Gasteiger charge is 2.27. The van der Waals surface area contributed by atoms with Crippen molar-refractivity contribution in [1.29, 1.82) is 0 Å². The van der Waals surface area contributed by atoms with Gasteiger partial charge in [0.05, 0.1) is 21.0 Å². The van der Waals surface area contributed by atoms with E-state index >= 15 is 0 Å². The zero-order valence-corrected chi connectivity index (χ0v) is 20.6. The van der Waals surface area contributed by atoms with Crippen LogP contribution in [0.25, 0.3) is 11.4 Å². The van der Waals surface area contributed by atoms with Gasteiger partial charge in [-0.25, -0.2) is 9.97 Å². The normalized spacial score (nSPS) is 9.92. The van der Waals surface area contributed by atoms with Crippen LogP contribution in [-0.2, 0) is 4.79 Å². The van der Waals surface area contributed by atoms with Gasteiger partial charge >= 0.3 is 0 Å². The fourth-order valence-electron chi connectivity index (χ4n) is 3.27. The maximum absolute atomic E-state index is 11.8. The van der Waals surface area contributed by atoms with E-state index in [1.807, 2.05) is 18.2 Å². The highest BCUT2D eigenvalue weighted by molar-refractivity contribution is 8.13. The second kappa shape index (κ2) is 11.6. The highest BCUT2D eigenvalue weighted by atomic mass is 32.2. The number of rotatable bonds is 4. The van der Waals surface area contributed by atoms with Gasteiger partial charge in [-0.05, 0) is 36.4 Å². The molecule has 184 valence electrons. The minimum absolute atomic E-state index is 0.0354. The van der Waals surface area contributed by atoms with Crippen LogP contribution in [0.5, 0.6) is 0 Å². The van der Waals surface area contributed by atoms with Crippen molar-refractivity contribution in [2.24, 2.45) is 0 Å². The molecule has 4 rings (SSSR count). The van der Waals surface area contributed by atoms with Crippen LogP contribution in [0.2, 0.25) is 0 Å². The lowest BCUT2D eigenvalue weighted by atomic mass is 10.1. The van der Waals surface area contributed by atoms with Gasteiger partial charge in [0.25, 0.3) is 11.4 Å². The fraction of sp³-hybridized carbons (Fsp3) is 0.0357. The minimum atomic E-state index is -0.685. The Bertz CT molecular complexity index is 1680. The Kier molecular flexibility index (Phi) is 7.87. The van der Waals surface area contributed by atoms with E-state index < -0.39 is 21.2 Å². The Morgan fingerprint density at radius 2 is 1.16 bits per heavy atom. The summed E-state index contributed by atoms with van der Waals surface area (Å²) in [6.45, 7) is 1.47. The summed E-state index contributed by atoms with van der Waals surface area (Å²) in [5.74, 6) is 11.4. The summed E-state index contributed by atoms with van der Waals surface area (Å²) in [5.41, 5.74) is 0.461. The van der Waals surface area contributed by atoms with E-state index in [-0.39, 0.29) is 27.6 Å². The van der Waals surface area contributed by atoms with E-state index in [4.69, 9.17) is 0 Å². The lowest BCUT2D eigenvalue weighted by Crippen LogP contribution is -2.01. The van der Waals surface area contributed by atoms with Crippen molar-refractivity contribution in [2.45, 2.75) is 11.8 Å². The van der Waals surface area contributed by atoms with Crippen molar-refractivity contribution < 1.29 is 14.6 Å². The molecule has 10 heteroatoms. The van der Waals surface area contributed by atoms with Crippen LogP contribution in [0, 0.1) is 43.9 Å². The molecule has 0 amide bonds. The maximum Gasteiger partial charge on any atom is 0.298 e. The van der Waals surface area contributed by atoms with Gasteiger partial charge in [0, 0.05) is 47.5 Å². The number of carbonyl (C=O) groups is 1. The summed E-state index contributed by atoms with van der Waals surface area (Å²) in [4.78, 5) is 42.4. The standard InChI is InChI=1S/C28H16N4O5S/c1-19(33)38-24-13-11-21(12-14-24)8-10-23-16-26(32(36)37)28(30-18-23)27-25(31(34)35)15-22(17-29-27)9-7-20-5-3-2-4-6-20/h2-6,11-18H,1H3. The van der Waals surface area contributed by atoms with Gasteiger partial charge in [-0.2, -0.15) is 0 Å². The van der Waals surface area contributed by atoms with Crippen molar-refractivity contribution in [3.63, 3.8) is 0 Å². The van der Waals surface area contributed by atoms with Crippen molar-refractivity contribution in [3.8, 4) is 35.1 Å². The largest absolute Gasteiger partial charge is 0.298 e. The third kappa shape index (κ3) is 6.46. The zero-order chi connectivity index (χ0) is 27.1. The summed E-state index contributed by atoms with van der Waals surface area (Å²) in [6, 6.07) is 18.4. The van der Waals surface area contributed by atoms with Gasteiger partial charge in [0.2, 0.25) is 0 Å². The minimum Gasteiger partial charge on any atom is -0.287 e. The Morgan fingerprint density at radius 3 is 1.61 bits per heavy atom. The quantitative estimate of drug-likeness (QED) is 0.151. The number of carbonyl (C=O) groups excluding carboxylic acids is 1. The fourth-order valence-corrected chi connectivity index (χ4v) is 3.87. The Balaban J connectivity index is 1.67. The average molecular weight is 521 g/mol. The molecular formula is C28H16N4O5S. The lowest BCUT2D eigenvalue weighted by Gasteiger charge is -2.04. The molecule has 2 aromatic heterocycles. The molecule has 0 N–H and O–H groups in total. The van der Waals surface area contributed by atoms with Gasteiger partial charge in [-0.15, -0.1) is 0 Å². The Labute approximate surface area is 221 Å². The predicted octanol–water partition coefficient (Wildman–Crippen LogP) is 5.40. The summed E-state index contributed by atoms with van der Waals surface area (Å²) >= 11 is 1.10. The second-order valence-corrected chi connectivity index (χ2v) is 8.93. The molecule has 9 nitrogen and oxygen atoms in total. The molecule has 0 fully saturated rings. The summed E-state index contributed by atoms with van der Waals surface area (Å²) in [7, 11) is 0. The first-order valence-corrected chi connectivity index (χ1v) is 11.8. The predicted molar refractivity (Wildman–Crippen MR) is 142 cm³/mol. The van der Waals surface area contributed by atoms with Crippen LogP contribution < -0.4 is 0 Å². The molecule has 0 saturated heterocycles. The van der Waals surface area contributed by atoms with Crippen LogP contribution in [0.15, 0.2) is 84.0 Å². The molecule has 0 radical (unpaired) electrons. The number of hydrogen-bond acceptors (Lipinski definition) is 8. The first kappa shape index (κ1) is 25.8. The summed E-state index contributed by atoms with van der Waals surface area (Å²) in [6.07, 6.45) is 2.61. The van der Waals surface area contributed by atoms with Crippen LogP contribution in [-0.4, -0.2) is 24.9 Å². The number of aromatic nitrogens is 2. The van der Waals surface area contributed by atoms with Crippen LogP contribution in [0.4, 0.5) is 11.4 Å². The topological polar surface area (TPSA) is 129 Å². The zero-order valence-electron chi connectivity index (χ0n) is 19.7. The van der Waals surface area contributed by atoms with Crippen molar-refractivity contribution >= 4 is 28.3 Å². The number of nitrogens with zero attached hydrogens (tertiary/aromatic N) is 4.